The van der Waals surface area contributed by atoms with Gasteiger partial charge in [0.1, 0.15) is 0 Å². The van der Waals surface area contributed by atoms with Gasteiger partial charge in [-0.25, -0.2) is 0 Å². The molecule has 0 atom stereocenters. The molecular formula is C28H29ClN4O. The molecule has 6 heteroatoms. The van der Waals surface area contributed by atoms with Gasteiger partial charge in [-0.3, -0.25) is 9.78 Å². The van der Waals surface area contributed by atoms with Gasteiger partial charge in [0.05, 0.1) is 11.4 Å². The van der Waals surface area contributed by atoms with Crippen LogP contribution in [0.4, 0.5) is 5.69 Å². The Labute approximate surface area is 205 Å². The van der Waals surface area contributed by atoms with Crippen LogP contribution in [-0.4, -0.2) is 47.0 Å². The van der Waals surface area contributed by atoms with Crippen LogP contribution >= 0.6 is 11.6 Å². The van der Waals surface area contributed by atoms with Gasteiger partial charge >= 0.3 is 0 Å². The number of carbonyl (C=O) groups excluding carboxylic acids is 1. The molecule has 0 saturated carbocycles. The third-order valence-electron chi connectivity index (χ3n) is 6.61. The second kappa shape index (κ2) is 9.90. The van der Waals surface area contributed by atoms with Crippen molar-refractivity contribution in [1.29, 1.82) is 0 Å². The Morgan fingerprint density at radius 1 is 1.03 bits per heavy atom. The van der Waals surface area contributed by atoms with Gasteiger partial charge in [0.25, 0.3) is 0 Å². The summed E-state index contributed by atoms with van der Waals surface area (Å²) in [5.41, 5.74) is 6.71. The molecule has 3 heterocycles. The summed E-state index contributed by atoms with van der Waals surface area (Å²) in [5, 5.41) is 1.97. The predicted molar refractivity (Wildman–Crippen MR) is 139 cm³/mol. The highest BCUT2D eigenvalue weighted by molar-refractivity contribution is 6.30. The molecule has 34 heavy (non-hydrogen) atoms. The van der Waals surface area contributed by atoms with E-state index in [1.165, 1.54) is 16.5 Å². The summed E-state index contributed by atoms with van der Waals surface area (Å²) in [4.78, 5) is 25.4. The van der Waals surface area contributed by atoms with Crippen molar-refractivity contribution in [1.82, 2.24) is 14.9 Å². The van der Waals surface area contributed by atoms with E-state index in [1.54, 1.807) is 0 Å². The molecule has 1 N–H and O–H groups in total. The van der Waals surface area contributed by atoms with E-state index in [1.807, 2.05) is 47.5 Å². The van der Waals surface area contributed by atoms with E-state index in [9.17, 15) is 4.79 Å². The molecule has 0 bridgehead atoms. The minimum Gasteiger partial charge on any atom is -0.368 e. The summed E-state index contributed by atoms with van der Waals surface area (Å²) in [5.74, 6) is 0.237. The molecule has 1 saturated heterocycles. The van der Waals surface area contributed by atoms with Gasteiger partial charge in [-0.2, -0.15) is 0 Å². The third kappa shape index (κ3) is 4.80. The largest absolute Gasteiger partial charge is 0.368 e. The number of nitrogens with zero attached hydrogens (tertiary/aromatic N) is 3. The van der Waals surface area contributed by atoms with Crippen LogP contribution in [0.3, 0.4) is 0 Å². The maximum atomic E-state index is 13.0. The summed E-state index contributed by atoms with van der Waals surface area (Å²) in [6.07, 6.45) is 4.03. The number of carbonyl (C=O) groups is 1. The lowest BCUT2D eigenvalue weighted by atomic mass is 10.0. The number of benzene rings is 2. The maximum Gasteiger partial charge on any atom is 0.222 e. The van der Waals surface area contributed by atoms with Crippen LogP contribution in [0, 0.1) is 6.92 Å². The van der Waals surface area contributed by atoms with Gasteiger partial charge in [0.2, 0.25) is 5.91 Å². The molecule has 1 aliphatic heterocycles. The number of hydrogen-bond donors (Lipinski definition) is 1. The van der Waals surface area contributed by atoms with Crippen molar-refractivity contribution in [2.24, 2.45) is 0 Å². The van der Waals surface area contributed by atoms with Gasteiger partial charge < -0.3 is 14.8 Å². The molecule has 2 aromatic carbocycles. The van der Waals surface area contributed by atoms with E-state index < -0.39 is 0 Å². The first-order chi connectivity index (χ1) is 16.6. The molecule has 0 aliphatic carbocycles. The predicted octanol–water partition coefficient (Wildman–Crippen LogP) is 5.86. The zero-order chi connectivity index (χ0) is 23.5. The standard InChI is InChI=1S/C28H29ClN4O/c1-20-11-12-25-24(18-20)23(28(31-25)26-9-2-3-13-30-26)8-5-10-27(34)33-16-14-32(15-17-33)22-7-4-6-21(29)19-22/h2-4,6-7,9,11-13,18-19,31H,5,8,10,14-17H2,1H3. The number of rotatable bonds is 6. The number of piperazine rings is 1. The van der Waals surface area contributed by atoms with Crippen molar-refractivity contribution in [2.45, 2.75) is 26.2 Å². The number of halogens is 1. The van der Waals surface area contributed by atoms with Gasteiger partial charge in [-0.05, 0) is 67.8 Å². The number of nitrogens with one attached hydrogen (secondary N) is 1. The van der Waals surface area contributed by atoms with Crippen LogP contribution in [0.1, 0.15) is 24.0 Å². The van der Waals surface area contributed by atoms with Crippen molar-refractivity contribution < 1.29 is 4.79 Å². The van der Waals surface area contributed by atoms with E-state index in [0.717, 1.165) is 66.6 Å². The lowest BCUT2D eigenvalue weighted by molar-refractivity contribution is -0.131. The van der Waals surface area contributed by atoms with Crippen LogP contribution in [0.25, 0.3) is 22.3 Å². The molecule has 0 unspecified atom stereocenters. The zero-order valence-corrected chi connectivity index (χ0v) is 20.2. The van der Waals surface area contributed by atoms with Crippen molar-refractivity contribution >= 4 is 34.1 Å². The summed E-state index contributed by atoms with van der Waals surface area (Å²) < 4.78 is 0. The van der Waals surface area contributed by atoms with Gasteiger partial charge in [0.15, 0.2) is 0 Å². The number of aromatic amines is 1. The van der Waals surface area contributed by atoms with Crippen molar-refractivity contribution in [3.05, 3.63) is 83.0 Å². The van der Waals surface area contributed by atoms with Crippen LogP contribution in [0.5, 0.6) is 0 Å². The van der Waals surface area contributed by atoms with Crippen LogP contribution < -0.4 is 4.90 Å². The summed E-state index contributed by atoms with van der Waals surface area (Å²) in [6, 6.07) is 20.4. The Hall–Kier alpha value is -3.31. The molecule has 4 aromatic rings. The first-order valence-corrected chi connectivity index (χ1v) is 12.3. The number of fused-ring (bicyclic) bond motifs is 1. The molecule has 1 aliphatic rings. The topological polar surface area (TPSA) is 52.2 Å². The Morgan fingerprint density at radius 2 is 1.88 bits per heavy atom. The average molecular weight is 473 g/mol. The van der Waals surface area contributed by atoms with Crippen LogP contribution in [0.15, 0.2) is 66.9 Å². The maximum absolute atomic E-state index is 13.0. The fraction of sp³-hybridized carbons (Fsp3) is 0.286. The number of anilines is 1. The van der Waals surface area contributed by atoms with E-state index in [4.69, 9.17) is 11.6 Å². The fourth-order valence-corrected chi connectivity index (χ4v) is 5.00. The highest BCUT2D eigenvalue weighted by Crippen LogP contribution is 2.31. The van der Waals surface area contributed by atoms with Crippen LogP contribution in [-0.2, 0) is 11.2 Å². The highest BCUT2D eigenvalue weighted by Gasteiger charge is 2.22. The monoisotopic (exact) mass is 472 g/mol. The SMILES string of the molecule is Cc1ccc2[nH]c(-c3ccccn3)c(CCCC(=O)N3CCN(c4cccc(Cl)c4)CC3)c2c1. The Bertz CT molecular complexity index is 1290. The molecule has 0 spiro atoms. The second-order valence-electron chi connectivity index (χ2n) is 8.94. The van der Waals surface area contributed by atoms with E-state index in [0.29, 0.717) is 6.42 Å². The number of aryl methyl sites for hydroxylation is 2. The summed E-state index contributed by atoms with van der Waals surface area (Å²) in [6.45, 7) is 5.27. The first kappa shape index (κ1) is 22.5. The summed E-state index contributed by atoms with van der Waals surface area (Å²) in [7, 11) is 0. The van der Waals surface area contributed by atoms with Gasteiger partial charge in [-0.1, -0.05) is 35.4 Å². The summed E-state index contributed by atoms with van der Waals surface area (Å²) >= 11 is 6.14. The highest BCUT2D eigenvalue weighted by atomic mass is 35.5. The second-order valence-corrected chi connectivity index (χ2v) is 9.38. The van der Waals surface area contributed by atoms with Crippen molar-refractivity contribution in [3.8, 4) is 11.4 Å². The minimum absolute atomic E-state index is 0.237. The molecule has 5 nitrogen and oxygen atoms in total. The van der Waals surface area contributed by atoms with E-state index in [2.05, 4.69) is 46.1 Å². The molecular weight excluding hydrogens is 444 g/mol. The van der Waals surface area contributed by atoms with E-state index >= 15 is 0 Å². The molecule has 1 fully saturated rings. The minimum atomic E-state index is 0.237. The van der Waals surface area contributed by atoms with E-state index in [-0.39, 0.29) is 5.91 Å². The number of aromatic nitrogens is 2. The van der Waals surface area contributed by atoms with Gasteiger partial charge in [0, 0.05) is 60.4 Å². The molecule has 1 amide bonds. The Kier molecular flexibility index (Phi) is 6.54. The molecule has 0 radical (unpaired) electrons. The number of hydrogen-bond acceptors (Lipinski definition) is 3. The smallest absolute Gasteiger partial charge is 0.222 e. The number of pyridine rings is 1. The number of amides is 1. The van der Waals surface area contributed by atoms with Crippen molar-refractivity contribution in [3.63, 3.8) is 0 Å². The van der Waals surface area contributed by atoms with Gasteiger partial charge in [-0.15, -0.1) is 0 Å². The zero-order valence-electron chi connectivity index (χ0n) is 19.4. The average Bonchev–Trinajstić information content (AvgIpc) is 3.22. The van der Waals surface area contributed by atoms with Crippen molar-refractivity contribution in [2.75, 3.05) is 31.1 Å². The lowest BCUT2D eigenvalue weighted by Gasteiger charge is -2.36. The third-order valence-corrected chi connectivity index (χ3v) is 6.84. The normalized spacial score (nSPS) is 14.1. The quantitative estimate of drug-likeness (QED) is 0.382. The first-order valence-electron chi connectivity index (χ1n) is 11.9. The lowest BCUT2D eigenvalue weighted by Crippen LogP contribution is -2.48. The molecule has 2 aromatic heterocycles. The number of H-pyrrole nitrogens is 1. The Balaban J connectivity index is 1.23. The Morgan fingerprint density at radius 3 is 2.65 bits per heavy atom. The molecule has 174 valence electrons. The van der Waals surface area contributed by atoms with Crippen LogP contribution in [0.2, 0.25) is 5.02 Å². The fourth-order valence-electron chi connectivity index (χ4n) is 4.81. The molecule has 5 rings (SSSR count).